The van der Waals surface area contributed by atoms with Gasteiger partial charge in [-0.3, -0.25) is 0 Å². The van der Waals surface area contributed by atoms with Crippen molar-refractivity contribution in [3.8, 4) is 0 Å². The van der Waals surface area contributed by atoms with Gasteiger partial charge in [0.05, 0.1) is 24.0 Å². The van der Waals surface area contributed by atoms with Crippen LogP contribution in [0.3, 0.4) is 0 Å². The number of anilines is 2. The normalized spacial score (nSPS) is 10.7. The number of hydrogen-bond acceptors (Lipinski definition) is 5. The van der Waals surface area contributed by atoms with E-state index < -0.39 is 0 Å². The van der Waals surface area contributed by atoms with Crippen molar-refractivity contribution in [3.63, 3.8) is 0 Å². The molecule has 20 heavy (non-hydrogen) atoms. The highest BCUT2D eigenvalue weighted by Crippen LogP contribution is 2.27. The number of ether oxygens (including phenoxy) is 1. The maximum atomic E-state index is 11.6. The third-order valence-corrected chi connectivity index (χ3v) is 3.70. The smallest absolute Gasteiger partial charge is 0.350 e. The molecule has 0 unspecified atom stereocenters. The summed E-state index contributed by atoms with van der Waals surface area (Å²) in [5, 5.41) is 5.00. The van der Waals surface area contributed by atoms with Crippen molar-refractivity contribution < 1.29 is 9.53 Å². The van der Waals surface area contributed by atoms with Gasteiger partial charge in [0, 0.05) is 11.6 Å². The molecule has 2 aromatic heterocycles. The molecule has 3 rings (SSSR count). The Morgan fingerprint density at radius 1 is 1.45 bits per heavy atom. The summed E-state index contributed by atoms with van der Waals surface area (Å²) in [5.41, 5.74) is 1.94. The van der Waals surface area contributed by atoms with Crippen molar-refractivity contribution in [1.29, 1.82) is 0 Å². The summed E-state index contributed by atoms with van der Waals surface area (Å²) in [6, 6.07) is 7.97. The summed E-state index contributed by atoms with van der Waals surface area (Å²) in [6.45, 7) is 2.14. The fourth-order valence-electron chi connectivity index (χ4n) is 1.93. The van der Waals surface area contributed by atoms with Crippen LogP contribution in [0.2, 0.25) is 0 Å². The molecule has 2 heterocycles. The Kier molecular flexibility index (Phi) is 3.39. The van der Waals surface area contributed by atoms with Gasteiger partial charge in [0.1, 0.15) is 4.88 Å². The molecular formula is C14H13N3O2S. The molecule has 0 spiro atoms. The van der Waals surface area contributed by atoms with Gasteiger partial charge < -0.3 is 15.0 Å². The van der Waals surface area contributed by atoms with E-state index in [1.165, 1.54) is 17.5 Å². The predicted octanol–water partition coefficient (Wildman–Crippen LogP) is 3.54. The number of thiazole rings is 1. The van der Waals surface area contributed by atoms with E-state index in [1.807, 2.05) is 30.5 Å². The lowest BCUT2D eigenvalue weighted by molar-refractivity contribution is 0.0532. The quantitative estimate of drug-likeness (QED) is 0.720. The highest BCUT2D eigenvalue weighted by atomic mass is 32.1. The Morgan fingerprint density at radius 3 is 3.20 bits per heavy atom. The summed E-state index contributed by atoms with van der Waals surface area (Å²) in [6.07, 6.45) is 3.42. The van der Waals surface area contributed by atoms with E-state index >= 15 is 0 Å². The van der Waals surface area contributed by atoms with E-state index in [-0.39, 0.29) is 5.97 Å². The van der Waals surface area contributed by atoms with E-state index in [0.29, 0.717) is 16.6 Å². The molecule has 0 saturated heterocycles. The molecule has 0 fully saturated rings. The van der Waals surface area contributed by atoms with Crippen molar-refractivity contribution in [3.05, 3.63) is 41.5 Å². The molecule has 3 aromatic rings. The van der Waals surface area contributed by atoms with Gasteiger partial charge in [-0.2, -0.15) is 0 Å². The molecular weight excluding hydrogens is 274 g/mol. The lowest BCUT2D eigenvalue weighted by atomic mass is 10.2. The summed E-state index contributed by atoms with van der Waals surface area (Å²) >= 11 is 1.28. The Morgan fingerprint density at radius 2 is 2.35 bits per heavy atom. The van der Waals surface area contributed by atoms with E-state index in [0.717, 1.165) is 16.6 Å². The van der Waals surface area contributed by atoms with Gasteiger partial charge in [-0.15, -0.1) is 0 Å². The van der Waals surface area contributed by atoms with Gasteiger partial charge in [-0.1, -0.05) is 23.5 Å². The second kappa shape index (κ2) is 5.34. The number of aromatic amines is 1. The molecule has 6 heteroatoms. The van der Waals surface area contributed by atoms with Gasteiger partial charge in [-0.25, -0.2) is 9.78 Å². The SMILES string of the molecule is CCOC(=O)c1cnc(Nc2cccc3cc[nH]c23)s1. The third kappa shape index (κ3) is 2.37. The molecule has 0 amide bonds. The van der Waals surface area contributed by atoms with Crippen molar-refractivity contribution >= 4 is 39.0 Å². The van der Waals surface area contributed by atoms with Crippen LogP contribution in [-0.2, 0) is 4.74 Å². The van der Waals surface area contributed by atoms with Crippen LogP contribution < -0.4 is 5.32 Å². The van der Waals surface area contributed by atoms with Crippen LogP contribution in [-0.4, -0.2) is 22.5 Å². The lowest BCUT2D eigenvalue weighted by Crippen LogP contribution is -2.01. The van der Waals surface area contributed by atoms with Gasteiger partial charge in [0.15, 0.2) is 5.13 Å². The Labute approximate surface area is 119 Å². The number of esters is 1. The maximum absolute atomic E-state index is 11.6. The van der Waals surface area contributed by atoms with Gasteiger partial charge >= 0.3 is 5.97 Å². The zero-order valence-corrected chi connectivity index (χ0v) is 11.7. The average Bonchev–Trinajstić information content (AvgIpc) is 3.08. The molecule has 0 aliphatic rings. The largest absolute Gasteiger partial charge is 0.462 e. The molecule has 0 aliphatic heterocycles. The van der Waals surface area contributed by atoms with Crippen LogP contribution >= 0.6 is 11.3 Å². The molecule has 0 aliphatic carbocycles. The van der Waals surface area contributed by atoms with Gasteiger partial charge in [0.25, 0.3) is 0 Å². The second-order valence-corrected chi connectivity index (χ2v) is 5.15. The predicted molar refractivity (Wildman–Crippen MR) is 79.7 cm³/mol. The number of hydrogen-bond donors (Lipinski definition) is 2. The Hall–Kier alpha value is -2.34. The summed E-state index contributed by atoms with van der Waals surface area (Å²) in [5.74, 6) is -0.337. The number of aromatic nitrogens is 2. The first-order valence-electron chi connectivity index (χ1n) is 6.24. The first kappa shape index (κ1) is 12.7. The molecule has 0 radical (unpaired) electrons. The molecule has 2 N–H and O–H groups in total. The zero-order chi connectivity index (χ0) is 13.9. The minimum absolute atomic E-state index is 0.337. The fraction of sp³-hybridized carbons (Fsp3) is 0.143. The van der Waals surface area contributed by atoms with E-state index in [2.05, 4.69) is 15.3 Å². The number of fused-ring (bicyclic) bond motifs is 1. The first-order chi connectivity index (χ1) is 9.78. The summed E-state index contributed by atoms with van der Waals surface area (Å²) < 4.78 is 4.95. The molecule has 102 valence electrons. The number of carbonyl (C=O) groups excluding carboxylic acids is 1. The minimum Gasteiger partial charge on any atom is -0.462 e. The molecule has 0 saturated carbocycles. The summed E-state index contributed by atoms with van der Waals surface area (Å²) in [4.78, 5) is 19.5. The van der Waals surface area contributed by atoms with Gasteiger partial charge in [-0.05, 0) is 19.1 Å². The first-order valence-corrected chi connectivity index (χ1v) is 7.05. The van der Waals surface area contributed by atoms with E-state index in [9.17, 15) is 4.79 Å². The minimum atomic E-state index is -0.337. The standard InChI is InChI=1S/C14H13N3O2S/c1-2-19-13(18)11-8-16-14(20-11)17-10-5-3-4-9-6-7-15-12(9)10/h3-8,15H,2H2,1H3,(H,16,17). The van der Waals surface area contributed by atoms with E-state index in [1.54, 1.807) is 6.92 Å². The number of carbonyl (C=O) groups is 1. The van der Waals surface area contributed by atoms with Crippen molar-refractivity contribution in [2.75, 3.05) is 11.9 Å². The number of para-hydroxylation sites is 1. The van der Waals surface area contributed by atoms with Crippen molar-refractivity contribution in [1.82, 2.24) is 9.97 Å². The van der Waals surface area contributed by atoms with Crippen LogP contribution in [0, 0.1) is 0 Å². The van der Waals surface area contributed by atoms with Crippen molar-refractivity contribution in [2.24, 2.45) is 0 Å². The highest BCUT2D eigenvalue weighted by Gasteiger charge is 2.12. The van der Waals surface area contributed by atoms with Gasteiger partial charge in [0.2, 0.25) is 0 Å². The highest BCUT2D eigenvalue weighted by molar-refractivity contribution is 7.17. The number of nitrogens with zero attached hydrogens (tertiary/aromatic N) is 1. The molecule has 0 bridgehead atoms. The van der Waals surface area contributed by atoms with Crippen LogP contribution in [0.4, 0.5) is 10.8 Å². The maximum Gasteiger partial charge on any atom is 0.350 e. The van der Waals surface area contributed by atoms with Crippen LogP contribution in [0.15, 0.2) is 36.7 Å². The second-order valence-electron chi connectivity index (χ2n) is 4.12. The Bertz CT molecular complexity index is 748. The topological polar surface area (TPSA) is 67.0 Å². The number of H-pyrrole nitrogens is 1. The number of benzene rings is 1. The Balaban J connectivity index is 1.84. The lowest BCUT2D eigenvalue weighted by Gasteiger charge is -2.03. The van der Waals surface area contributed by atoms with Crippen LogP contribution in [0.1, 0.15) is 16.6 Å². The molecule has 1 aromatic carbocycles. The molecule has 5 nitrogen and oxygen atoms in total. The fourth-order valence-corrected chi connectivity index (χ4v) is 2.66. The number of nitrogens with one attached hydrogen (secondary N) is 2. The summed E-state index contributed by atoms with van der Waals surface area (Å²) in [7, 11) is 0. The van der Waals surface area contributed by atoms with Crippen molar-refractivity contribution in [2.45, 2.75) is 6.92 Å². The molecule has 0 atom stereocenters. The number of rotatable bonds is 4. The third-order valence-electron chi connectivity index (χ3n) is 2.81. The zero-order valence-electron chi connectivity index (χ0n) is 10.8. The average molecular weight is 287 g/mol. The van der Waals surface area contributed by atoms with Crippen LogP contribution in [0.5, 0.6) is 0 Å². The van der Waals surface area contributed by atoms with E-state index in [4.69, 9.17) is 4.74 Å². The van der Waals surface area contributed by atoms with Crippen LogP contribution in [0.25, 0.3) is 10.9 Å². The monoisotopic (exact) mass is 287 g/mol.